The molecule has 0 bridgehead atoms. The van der Waals surface area contributed by atoms with E-state index in [0.717, 1.165) is 11.3 Å². The average molecular weight is 413 g/mol. The molecule has 1 aromatic carbocycles. The van der Waals surface area contributed by atoms with Gasteiger partial charge >= 0.3 is 0 Å². The summed E-state index contributed by atoms with van der Waals surface area (Å²) in [4.78, 5) is 12.6. The Labute approximate surface area is 163 Å². The Balaban J connectivity index is 2.14. The Morgan fingerprint density at radius 3 is 2.44 bits per heavy atom. The second-order valence-corrected chi connectivity index (χ2v) is 9.03. The quantitative estimate of drug-likeness (QED) is 0.655. The first-order valence-electron chi connectivity index (χ1n) is 8.58. The van der Waals surface area contributed by atoms with E-state index in [4.69, 9.17) is 4.74 Å². The van der Waals surface area contributed by atoms with Crippen LogP contribution in [0.4, 0.5) is 5.13 Å². The number of carbonyl (C=O) groups excluding carboxylic acids is 1. The molecule has 0 fully saturated rings. The number of hydrogen-bond acceptors (Lipinski definition) is 7. The van der Waals surface area contributed by atoms with Crippen molar-refractivity contribution in [2.24, 2.45) is 5.92 Å². The van der Waals surface area contributed by atoms with Crippen molar-refractivity contribution in [3.05, 3.63) is 24.3 Å². The lowest BCUT2D eigenvalue weighted by Crippen LogP contribution is -2.48. The number of carbonyl (C=O) groups is 1. The van der Waals surface area contributed by atoms with Crippen molar-refractivity contribution in [2.75, 3.05) is 18.2 Å². The molecule has 0 radical (unpaired) electrons. The molecule has 1 aromatic heterocycles. The average Bonchev–Trinajstić information content (AvgIpc) is 3.14. The Kier molecular flexibility index (Phi) is 7.28. The molecule has 2 rings (SSSR count). The van der Waals surface area contributed by atoms with Crippen LogP contribution >= 0.6 is 11.3 Å². The van der Waals surface area contributed by atoms with Crippen molar-refractivity contribution in [1.29, 1.82) is 0 Å². The Morgan fingerprint density at radius 1 is 1.22 bits per heavy atom. The summed E-state index contributed by atoms with van der Waals surface area (Å²) in [5.41, 5.74) is 0.846. The van der Waals surface area contributed by atoms with Gasteiger partial charge in [0, 0.05) is 5.56 Å². The van der Waals surface area contributed by atoms with Gasteiger partial charge < -0.3 is 4.74 Å². The SMILES string of the molecule is CCC(C)C(NS(=O)(=O)CC)C(=O)Nc1nnc(-c2ccc(OC)cc2)s1. The molecule has 27 heavy (non-hydrogen) atoms. The van der Waals surface area contributed by atoms with Crippen LogP contribution in [0.25, 0.3) is 10.6 Å². The molecule has 0 aliphatic rings. The number of nitrogens with one attached hydrogen (secondary N) is 2. The monoisotopic (exact) mass is 412 g/mol. The molecule has 10 heteroatoms. The molecule has 0 spiro atoms. The standard InChI is InChI=1S/C17H24N4O4S2/c1-5-11(3)14(21-27(23,24)6-2)15(22)18-17-20-19-16(26-17)12-7-9-13(25-4)10-8-12/h7-11,14,21H,5-6H2,1-4H3,(H,18,20,22). The van der Waals surface area contributed by atoms with E-state index in [1.165, 1.54) is 18.3 Å². The maximum Gasteiger partial charge on any atom is 0.244 e. The molecule has 0 saturated carbocycles. The van der Waals surface area contributed by atoms with E-state index in [9.17, 15) is 13.2 Å². The minimum atomic E-state index is -3.51. The molecule has 2 atom stereocenters. The minimum Gasteiger partial charge on any atom is -0.497 e. The first-order valence-corrected chi connectivity index (χ1v) is 11.0. The third-order valence-corrected chi connectivity index (χ3v) is 6.44. The van der Waals surface area contributed by atoms with Gasteiger partial charge in [-0.25, -0.2) is 13.1 Å². The zero-order valence-electron chi connectivity index (χ0n) is 15.7. The fraction of sp³-hybridized carbons (Fsp3) is 0.471. The molecular formula is C17H24N4O4S2. The van der Waals surface area contributed by atoms with Gasteiger partial charge in [0.2, 0.25) is 21.1 Å². The van der Waals surface area contributed by atoms with Crippen molar-refractivity contribution in [3.8, 4) is 16.3 Å². The third kappa shape index (κ3) is 5.72. The molecule has 8 nitrogen and oxygen atoms in total. The van der Waals surface area contributed by atoms with E-state index in [1.54, 1.807) is 7.11 Å². The van der Waals surface area contributed by atoms with E-state index in [-0.39, 0.29) is 11.7 Å². The van der Waals surface area contributed by atoms with E-state index < -0.39 is 22.0 Å². The number of ether oxygens (including phenoxy) is 1. The van der Waals surface area contributed by atoms with Crippen LogP contribution in [0.15, 0.2) is 24.3 Å². The number of nitrogens with zero attached hydrogens (tertiary/aromatic N) is 2. The molecule has 0 aliphatic heterocycles. The predicted octanol–water partition coefficient (Wildman–Crippen LogP) is 2.51. The molecule has 1 amide bonds. The number of benzene rings is 1. The maximum atomic E-state index is 12.6. The summed E-state index contributed by atoms with van der Waals surface area (Å²) < 4.78 is 31.4. The smallest absolute Gasteiger partial charge is 0.244 e. The second-order valence-electron chi connectivity index (χ2n) is 6.01. The van der Waals surface area contributed by atoms with E-state index in [0.29, 0.717) is 16.6 Å². The Hall–Kier alpha value is -2.04. The molecule has 1 heterocycles. The maximum absolute atomic E-state index is 12.6. The lowest BCUT2D eigenvalue weighted by molar-refractivity contribution is -0.118. The Morgan fingerprint density at radius 2 is 1.89 bits per heavy atom. The summed E-state index contributed by atoms with van der Waals surface area (Å²) in [6.07, 6.45) is 0.650. The molecule has 0 aliphatic carbocycles. The molecule has 0 saturated heterocycles. The lowest BCUT2D eigenvalue weighted by atomic mass is 9.99. The van der Waals surface area contributed by atoms with Crippen molar-refractivity contribution < 1.29 is 17.9 Å². The largest absolute Gasteiger partial charge is 0.497 e. The highest BCUT2D eigenvalue weighted by Crippen LogP contribution is 2.28. The zero-order chi connectivity index (χ0) is 20.0. The number of amides is 1. The number of sulfonamides is 1. The minimum absolute atomic E-state index is 0.0896. The molecule has 2 N–H and O–H groups in total. The number of methoxy groups -OCH3 is 1. The fourth-order valence-corrected chi connectivity index (χ4v) is 3.89. The summed E-state index contributed by atoms with van der Waals surface area (Å²) in [7, 11) is -1.92. The third-order valence-electron chi connectivity index (χ3n) is 4.17. The number of anilines is 1. The van der Waals surface area contributed by atoms with Gasteiger partial charge in [-0.15, -0.1) is 10.2 Å². The van der Waals surface area contributed by atoms with E-state index in [2.05, 4.69) is 20.2 Å². The summed E-state index contributed by atoms with van der Waals surface area (Å²) in [6, 6.07) is 6.46. The van der Waals surface area contributed by atoms with E-state index in [1.807, 2.05) is 38.1 Å². The first kappa shape index (κ1) is 21.3. The van der Waals surface area contributed by atoms with Crippen molar-refractivity contribution in [1.82, 2.24) is 14.9 Å². The van der Waals surface area contributed by atoms with Crippen molar-refractivity contribution in [2.45, 2.75) is 33.2 Å². The van der Waals surface area contributed by atoms with Crippen LogP contribution in [0, 0.1) is 5.92 Å². The highest BCUT2D eigenvalue weighted by Gasteiger charge is 2.28. The van der Waals surface area contributed by atoms with E-state index >= 15 is 0 Å². The molecule has 2 unspecified atom stereocenters. The molecule has 2 aromatic rings. The van der Waals surface area contributed by atoms with Crippen molar-refractivity contribution >= 4 is 32.4 Å². The van der Waals surface area contributed by atoms with Gasteiger partial charge in [-0.2, -0.15) is 0 Å². The highest BCUT2D eigenvalue weighted by molar-refractivity contribution is 7.89. The summed E-state index contributed by atoms with van der Waals surface area (Å²) >= 11 is 1.22. The van der Waals surface area contributed by atoms with Gasteiger partial charge in [-0.05, 0) is 37.1 Å². The predicted molar refractivity (Wildman–Crippen MR) is 106 cm³/mol. The number of aromatic nitrogens is 2. The summed E-state index contributed by atoms with van der Waals surface area (Å²) in [5.74, 6) is 0.0312. The highest BCUT2D eigenvalue weighted by atomic mass is 32.2. The van der Waals surface area contributed by atoms with Gasteiger partial charge in [-0.1, -0.05) is 31.6 Å². The topological polar surface area (TPSA) is 110 Å². The normalized spacial score (nSPS) is 13.8. The van der Waals surface area contributed by atoms with Crippen LogP contribution in [0.1, 0.15) is 27.2 Å². The fourth-order valence-electron chi connectivity index (χ4n) is 2.25. The van der Waals surface area contributed by atoms with Crippen LogP contribution < -0.4 is 14.8 Å². The second kappa shape index (κ2) is 9.25. The van der Waals surface area contributed by atoms with Crippen LogP contribution in [-0.2, 0) is 14.8 Å². The Bertz CT molecular complexity index is 865. The van der Waals surface area contributed by atoms with Gasteiger partial charge in [0.05, 0.1) is 12.9 Å². The van der Waals surface area contributed by atoms with Crippen LogP contribution in [-0.4, -0.2) is 43.4 Å². The molecule has 148 valence electrons. The summed E-state index contributed by atoms with van der Waals surface area (Å²) in [6.45, 7) is 5.25. The number of rotatable bonds is 9. The number of hydrogen-bond donors (Lipinski definition) is 2. The van der Waals surface area contributed by atoms with Crippen molar-refractivity contribution in [3.63, 3.8) is 0 Å². The van der Waals surface area contributed by atoms with Crippen LogP contribution in [0.5, 0.6) is 5.75 Å². The summed E-state index contributed by atoms with van der Waals surface area (Å²) in [5, 5.41) is 11.7. The van der Waals surface area contributed by atoms with Gasteiger partial charge in [-0.3, -0.25) is 10.1 Å². The van der Waals surface area contributed by atoms with Gasteiger partial charge in [0.1, 0.15) is 16.8 Å². The van der Waals surface area contributed by atoms with Crippen LogP contribution in [0.2, 0.25) is 0 Å². The zero-order valence-corrected chi connectivity index (χ0v) is 17.4. The van der Waals surface area contributed by atoms with Crippen LogP contribution in [0.3, 0.4) is 0 Å². The van der Waals surface area contributed by atoms with Gasteiger partial charge in [0.15, 0.2) is 0 Å². The molecular weight excluding hydrogens is 388 g/mol. The lowest BCUT2D eigenvalue weighted by Gasteiger charge is -2.22. The first-order chi connectivity index (χ1) is 12.8. The van der Waals surface area contributed by atoms with Gasteiger partial charge in [0.25, 0.3) is 0 Å².